The van der Waals surface area contributed by atoms with E-state index < -0.39 is 12.0 Å². The van der Waals surface area contributed by atoms with Crippen molar-refractivity contribution in [3.05, 3.63) is 65.7 Å². The number of carbonyl (C=O) groups excluding carboxylic acids is 1. The van der Waals surface area contributed by atoms with Crippen LogP contribution < -0.4 is 4.74 Å². The van der Waals surface area contributed by atoms with Crippen molar-refractivity contribution < 1.29 is 19.4 Å². The number of nitrogens with zero attached hydrogens (tertiary/aromatic N) is 2. The third-order valence-electron chi connectivity index (χ3n) is 5.06. The van der Waals surface area contributed by atoms with E-state index in [0.717, 1.165) is 11.3 Å². The summed E-state index contributed by atoms with van der Waals surface area (Å²) in [5.74, 6) is -0.108. The molecule has 0 bridgehead atoms. The number of amides is 1. The van der Waals surface area contributed by atoms with Crippen molar-refractivity contribution in [3.8, 4) is 5.75 Å². The van der Waals surface area contributed by atoms with Gasteiger partial charge in [0.1, 0.15) is 18.4 Å². The molecule has 6 heteroatoms. The van der Waals surface area contributed by atoms with Crippen LogP contribution in [-0.4, -0.2) is 59.0 Å². The molecule has 1 aliphatic rings. The van der Waals surface area contributed by atoms with Crippen LogP contribution in [0.25, 0.3) is 0 Å². The van der Waals surface area contributed by atoms with Gasteiger partial charge in [-0.2, -0.15) is 0 Å². The van der Waals surface area contributed by atoms with Gasteiger partial charge in [-0.25, -0.2) is 0 Å². The minimum Gasteiger partial charge on any atom is -0.489 e. The van der Waals surface area contributed by atoms with E-state index in [-0.39, 0.29) is 5.91 Å². The van der Waals surface area contributed by atoms with E-state index >= 15 is 0 Å². The molecule has 0 saturated carbocycles. The molecule has 1 amide bonds. The first-order valence-electron chi connectivity index (χ1n) is 9.61. The minimum atomic E-state index is -0.798. The predicted molar refractivity (Wildman–Crippen MR) is 106 cm³/mol. The Kier molecular flexibility index (Phi) is 6.66. The van der Waals surface area contributed by atoms with Crippen molar-refractivity contribution >= 4 is 11.9 Å². The van der Waals surface area contributed by atoms with Crippen molar-refractivity contribution in [1.82, 2.24) is 9.80 Å². The van der Waals surface area contributed by atoms with Crippen LogP contribution in [0.1, 0.15) is 29.3 Å². The molecule has 1 N–H and O–H groups in total. The van der Waals surface area contributed by atoms with Gasteiger partial charge >= 0.3 is 5.97 Å². The Morgan fingerprint density at radius 1 is 1.00 bits per heavy atom. The first-order chi connectivity index (χ1) is 13.6. The van der Waals surface area contributed by atoms with Crippen LogP contribution in [0.5, 0.6) is 5.75 Å². The maximum atomic E-state index is 12.7. The summed E-state index contributed by atoms with van der Waals surface area (Å²) in [6.07, 6.45) is 0.563. The van der Waals surface area contributed by atoms with E-state index in [9.17, 15) is 14.7 Å². The van der Waals surface area contributed by atoms with Gasteiger partial charge in [0, 0.05) is 31.7 Å². The van der Waals surface area contributed by atoms with E-state index in [1.165, 1.54) is 0 Å². The normalized spacial score (nSPS) is 15.8. The lowest BCUT2D eigenvalue weighted by atomic mass is 10.1. The van der Waals surface area contributed by atoms with E-state index in [2.05, 4.69) is 0 Å². The van der Waals surface area contributed by atoms with Gasteiger partial charge in [0.15, 0.2) is 0 Å². The number of carboxylic acid groups (broad SMARTS) is 1. The molecule has 3 rings (SSSR count). The summed E-state index contributed by atoms with van der Waals surface area (Å²) in [5.41, 5.74) is 1.71. The Labute approximate surface area is 165 Å². The maximum Gasteiger partial charge on any atom is 0.320 e. The van der Waals surface area contributed by atoms with Crippen molar-refractivity contribution in [2.45, 2.75) is 26.0 Å². The number of rotatable bonds is 7. The van der Waals surface area contributed by atoms with Crippen LogP contribution in [0.15, 0.2) is 54.6 Å². The first-order valence-corrected chi connectivity index (χ1v) is 9.61. The molecule has 1 saturated heterocycles. The summed E-state index contributed by atoms with van der Waals surface area (Å²) in [6, 6.07) is 16.6. The van der Waals surface area contributed by atoms with Gasteiger partial charge in [0.25, 0.3) is 5.91 Å². The van der Waals surface area contributed by atoms with Gasteiger partial charge in [-0.3, -0.25) is 14.5 Å². The number of aliphatic carboxylic acids is 1. The number of carbonyl (C=O) groups is 2. The highest BCUT2D eigenvalue weighted by molar-refractivity contribution is 5.94. The van der Waals surface area contributed by atoms with Gasteiger partial charge < -0.3 is 14.7 Å². The van der Waals surface area contributed by atoms with Crippen LogP contribution in [0, 0.1) is 0 Å². The zero-order chi connectivity index (χ0) is 19.9. The fourth-order valence-electron chi connectivity index (χ4n) is 3.44. The average Bonchev–Trinajstić information content (AvgIpc) is 2.74. The minimum absolute atomic E-state index is 0.0300. The van der Waals surface area contributed by atoms with Crippen LogP contribution in [0.4, 0.5) is 0 Å². The molecule has 1 fully saturated rings. The fraction of sp³-hybridized carbons (Fsp3) is 0.364. The van der Waals surface area contributed by atoms with Gasteiger partial charge in [-0.15, -0.1) is 0 Å². The Bertz CT molecular complexity index is 784. The van der Waals surface area contributed by atoms with Gasteiger partial charge in [0.2, 0.25) is 0 Å². The number of carboxylic acids is 1. The molecule has 2 aromatic rings. The number of hydrogen-bond acceptors (Lipinski definition) is 4. The average molecular weight is 382 g/mol. The van der Waals surface area contributed by atoms with Crippen LogP contribution in [0.2, 0.25) is 0 Å². The summed E-state index contributed by atoms with van der Waals surface area (Å²) in [7, 11) is 0. The number of piperazine rings is 1. The van der Waals surface area contributed by atoms with Crippen molar-refractivity contribution in [2.75, 3.05) is 26.2 Å². The molecular weight excluding hydrogens is 356 g/mol. The predicted octanol–water partition coefficient (Wildman–Crippen LogP) is 2.89. The molecule has 1 unspecified atom stereocenters. The fourth-order valence-corrected chi connectivity index (χ4v) is 3.44. The molecule has 0 spiro atoms. The maximum absolute atomic E-state index is 12.7. The molecule has 1 heterocycles. The molecule has 2 aromatic carbocycles. The highest BCUT2D eigenvalue weighted by atomic mass is 16.5. The first kappa shape index (κ1) is 19.9. The number of hydrogen-bond donors (Lipinski definition) is 1. The van der Waals surface area contributed by atoms with Gasteiger partial charge in [0.05, 0.1) is 0 Å². The lowest BCUT2D eigenvalue weighted by Crippen LogP contribution is -2.53. The Hall–Kier alpha value is -2.86. The Balaban J connectivity index is 1.53. The second kappa shape index (κ2) is 9.37. The monoisotopic (exact) mass is 382 g/mol. The van der Waals surface area contributed by atoms with Crippen LogP contribution >= 0.6 is 0 Å². The summed E-state index contributed by atoms with van der Waals surface area (Å²) in [6.45, 7) is 4.59. The summed E-state index contributed by atoms with van der Waals surface area (Å²) >= 11 is 0. The van der Waals surface area contributed by atoms with E-state index in [4.69, 9.17) is 4.74 Å². The van der Waals surface area contributed by atoms with E-state index in [0.29, 0.717) is 44.8 Å². The Morgan fingerprint density at radius 3 is 2.21 bits per heavy atom. The summed E-state index contributed by atoms with van der Waals surface area (Å²) in [4.78, 5) is 27.7. The number of ether oxygens (including phenoxy) is 1. The van der Waals surface area contributed by atoms with Crippen molar-refractivity contribution in [1.29, 1.82) is 0 Å². The molecule has 28 heavy (non-hydrogen) atoms. The van der Waals surface area contributed by atoms with E-state index in [1.807, 2.05) is 54.3 Å². The van der Waals surface area contributed by atoms with Gasteiger partial charge in [-0.05, 0) is 36.2 Å². The molecule has 1 atom stereocenters. The smallest absolute Gasteiger partial charge is 0.320 e. The Morgan fingerprint density at radius 2 is 1.64 bits per heavy atom. The third kappa shape index (κ3) is 4.89. The van der Waals surface area contributed by atoms with Crippen molar-refractivity contribution in [2.24, 2.45) is 0 Å². The molecule has 0 radical (unpaired) electrons. The standard InChI is InChI=1S/C22H26N2O4/c1-2-20(22(26)27)23-12-14-24(15-13-23)21(25)18-8-10-19(11-9-18)28-16-17-6-4-3-5-7-17/h3-11,20H,2,12-16H2,1H3,(H,26,27). The summed E-state index contributed by atoms with van der Waals surface area (Å²) in [5, 5.41) is 9.29. The van der Waals surface area contributed by atoms with Gasteiger partial charge in [-0.1, -0.05) is 37.3 Å². The van der Waals surface area contributed by atoms with Crippen molar-refractivity contribution in [3.63, 3.8) is 0 Å². The topological polar surface area (TPSA) is 70.1 Å². The number of benzene rings is 2. The zero-order valence-electron chi connectivity index (χ0n) is 16.1. The lowest BCUT2D eigenvalue weighted by Gasteiger charge is -2.37. The SMILES string of the molecule is CCC(C(=O)O)N1CCN(C(=O)c2ccc(OCc3ccccc3)cc2)CC1. The molecule has 1 aliphatic heterocycles. The quantitative estimate of drug-likeness (QED) is 0.797. The third-order valence-corrected chi connectivity index (χ3v) is 5.06. The zero-order valence-corrected chi connectivity index (χ0v) is 16.1. The highest BCUT2D eigenvalue weighted by Crippen LogP contribution is 2.17. The molecule has 0 aromatic heterocycles. The second-order valence-corrected chi connectivity index (χ2v) is 6.89. The second-order valence-electron chi connectivity index (χ2n) is 6.89. The molecule has 6 nitrogen and oxygen atoms in total. The molecule has 0 aliphatic carbocycles. The summed E-state index contributed by atoms with van der Waals surface area (Å²) < 4.78 is 5.76. The van der Waals surface area contributed by atoms with Crippen LogP contribution in [-0.2, 0) is 11.4 Å². The molecule has 148 valence electrons. The molecular formula is C22H26N2O4. The lowest BCUT2D eigenvalue weighted by molar-refractivity contribution is -0.144. The van der Waals surface area contributed by atoms with E-state index in [1.54, 1.807) is 17.0 Å². The largest absolute Gasteiger partial charge is 0.489 e. The van der Waals surface area contributed by atoms with Crippen LogP contribution in [0.3, 0.4) is 0 Å². The highest BCUT2D eigenvalue weighted by Gasteiger charge is 2.29.